The van der Waals surface area contributed by atoms with Gasteiger partial charge < -0.3 is 27.0 Å². The molecule has 2 unspecified atom stereocenters. The van der Waals surface area contributed by atoms with Crippen LogP contribution in [0.3, 0.4) is 0 Å². The van der Waals surface area contributed by atoms with Crippen LogP contribution in [0.15, 0.2) is 41.6 Å². The molecule has 7 N–H and O–H groups in total. The second kappa shape index (κ2) is 6.95. The van der Waals surface area contributed by atoms with E-state index in [1.807, 2.05) is 30.3 Å². The molecule has 1 aromatic carbocycles. The summed E-state index contributed by atoms with van der Waals surface area (Å²) in [5.74, 6) is -2.34. The number of nitrogens with two attached hydrogens (primary N) is 2. The number of nitrogens with one attached hydrogen (secondary N) is 1. The van der Waals surface area contributed by atoms with Crippen molar-refractivity contribution in [1.82, 2.24) is 5.32 Å². The minimum Gasteiger partial charge on any atom is -0.480 e. The van der Waals surface area contributed by atoms with Gasteiger partial charge in [-0.05, 0) is 26.0 Å². The fourth-order valence-corrected chi connectivity index (χ4v) is 2.07. The van der Waals surface area contributed by atoms with E-state index in [9.17, 15) is 9.59 Å². The van der Waals surface area contributed by atoms with Crippen LogP contribution < -0.4 is 16.8 Å². The molecule has 1 heterocycles. The Hall–Kier alpha value is -2.54. The molecule has 0 fully saturated rings. The summed E-state index contributed by atoms with van der Waals surface area (Å²) in [5, 5.41) is 20.6. The van der Waals surface area contributed by atoms with Gasteiger partial charge in [-0.3, -0.25) is 4.79 Å². The van der Waals surface area contributed by atoms with E-state index in [-0.39, 0.29) is 12.0 Å². The summed E-state index contributed by atoms with van der Waals surface area (Å²) in [4.78, 5) is 21.8. The number of hydrogen-bond acceptors (Lipinski definition) is 5. The smallest absolute Gasteiger partial charge is 0.333 e. The molecule has 1 aromatic rings. The molecule has 0 radical (unpaired) electrons. The maximum atomic E-state index is 11.0. The molecular formula is C15H21N3O4. The molecule has 22 heavy (non-hydrogen) atoms. The van der Waals surface area contributed by atoms with Crippen molar-refractivity contribution in [3.63, 3.8) is 0 Å². The summed E-state index contributed by atoms with van der Waals surface area (Å²) in [6.07, 6.45) is -0.169. The number of carbonyl (C=O) groups is 2. The van der Waals surface area contributed by atoms with Gasteiger partial charge in [-0.2, -0.15) is 0 Å². The van der Waals surface area contributed by atoms with Crippen molar-refractivity contribution in [2.24, 2.45) is 5.73 Å². The van der Waals surface area contributed by atoms with E-state index in [0.29, 0.717) is 5.70 Å². The fourth-order valence-electron chi connectivity index (χ4n) is 2.07. The molecule has 2 atom stereocenters. The van der Waals surface area contributed by atoms with E-state index >= 15 is 0 Å². The van der Waals surface area contributed by atoms with Gasteiger partial charge in [0.15, 0.2) is 0 Å². The molecule has 0 spiro atoms. The number of para-hydroxylation sites is 1. The molecule has 0 bridgehead atoms. The Labute approximate surface area is 128 Å². The van der Waals surface area contributed by atoms with Gasteiger partial charge in [0, 0.05) is 17.8 Å². The Morgan fingerprint density at radius 3 is 2.18 bits per heavy atom. The third-order valence-corrected chi connectivity index (χ3v) is 3.58. The molecule has 0 saturated carbocycles. The second-order valence-corrected chi connectivity index (χ2v) is 5.21. The molecule has 7 heteroatoms. The van der Waals surface area contributed by atoms with Gasteiger partial charge in [-0.25, -0.2) is 4.79 Å². The fraction of sp³-hybridized carbons (Fsp3) is 0.333. The number of nitrogen functional groups attached to an aromatic ring is 1. The van der Waals surface area contributed by atoms with Crippen LogP contribution in [0.2, 0.25) is 0 Å². The molecule has 0 aromatic heterocycles. The lowest BCUT2D eigenvalue weighted by atomic mass is 9.81. The zero-order valence-corrected chi connectivity index (χ0v) is 12.5. The van der Waals surface area contributed by atoms with E-state index in [4.69, 9.17) is 21.7 Å². The Morgan fingerprint density at radius 2 is 1.82 bits per heavy atom. The zero-order chi connectivity index (χ0) is 16.9. The SMILES string of the molecule is CC1=C(C(=O)O)CC(N)(C(=O)O)C(C)N1.Nc1ccccc1. The van der Waals surface area contributed by atoms with E-state index in [1.54, 1.807) is 13.8 Å². The maximum absolute atomic E-state index is 11.0. The average Bonchev–Trinajstić information content (AvgIpc) is 2.44. The van der Waals surface area contributed by atoms with Gasteiger partial charge in [0.25, 0.3) is 0 Å². The van der Waals surface area contributed by atoms with Crippen molar-refractivity contribution in [1.29, 1.82) is 0 Å². The molecule has 2 rings (SSSR count). The average molecular weight is 307 g/mol. The molecule has 0 amide bonds. The zero-order valence-electron chi connectivity index (χ0n) is 12.5. The Balaban J connectivity index is 0.000000287. The number of benzene rings is 1. The lowest BCUT2D eigenvalue weighted by Gasteiger charge is -2.37. The summed E-state index contributed by atoms with van der Waals surface area (Å²) in [6, 6.07) is 8.99. The molecule has 1 aliphatic rings. The quantitative estimate of drug-likeness (QED) is 0.509. The van der Waals surface area contributed by atoms with Crippen LogP contribution in [0.5, 0.6) is 0 Å². The largest absolute Gasteiger partial charge is 0.480 e. The minimum atomic E-state index is -1.56. The van der Waals surface area contributed by atoms with Crippen LogP contribution in [0, 0.1) is 0 Å². The van der Waals surface area contributed by atoms with Crippen molar-refractivity contribution in [3.05, 3.63) is 41.6 Å². The van der Waals surface area contributed by atoms with Crippen LogP contribution in [0.25, 0.3) is 0 Å². The minimum absolute atomic E-state index is 0.0259. The Kier molecular flexibility index (Phi) is 5.53. The number of carboxylic acid groups (broad SMARTS) is 2. The third kappa shape index (κ3) is 3.98. The number of aliphatic carboxylic acids is 2. The molecule has 1 aliphatic heterocycles. The Morgan fingerprint density at radius 1 is 1.27 bits per heavy atom. The molecular weight excluding hydrogens is 286 g/mol. The number of allylic oxidation sites excluding steroid dienone is 1. The van der Waals surface area contributed by atoms with Gasteiger partial charge >= 0.3 is 11.9 Å². The monoisotopic (exact) mass is 307 g/mol. The van der Waals surface area contributed by atoms with Crippen molar-refractivity contribution < 1.29 is 19.8 Å². The summed E-state index contributed by atoms with van der Waals surface area (Å²) in [7, 11) is 0. The predicted molar refractivity (Wildman–Crippen MR) is 83.0 cm³/mol. The van der Waals surface area contributed by atoms with Gasteiger partial charge in [0.2, 0.25) is 0 Å². The first kappa shape index (κ1) is 17.5. The van der Waals surface area contributed by atoms with Crippen molar-refractivity contribution in [2.75, 3.05) is 5.73 Å². The highest BCUT2D eigenvalue weighted by atomic mass is 16.4. The number of carboxylic acids is 2. The van der Waals surface area contributed by atoms with E-state index < -0.39 is 23.5 Å². The third-order valence-electron chi connectivity index (χ3n) is 3.58. The first-order valence-electron chi connectivity index (χ1n) is 6.71. The normalized spacial score (nSPS) is 23.9. The van der Waals surface area contributed by atoms with Crippen LogP contribution in [0.1, 0.15) is 20.3 Å². The lowest BCUT2D eigenvalue weighted by molar-refractivity contribution is -0.144. The van der Waals surface area contributed by atoms with Crippen LogP contribution in [-0.4, -0.2) is 33.7 Å². The van der Waals surface area contributed by atoms with Crippen LogP contribution >= 0.6 is 0 Å². The van der Waals surface area contributed by atoms with Gasteiger partial charge in [-0.15, -0.1) is 0 Å². The molecule has 120 valence electrons. The summed E-state index contributed by atoms with van der Waals surface area (Å²) >= 11 is 0. The van der Waals surface area contributed by atoms with Crippen LogP contribution in [0.4, 0.5) is 5.69 Å². The number of rotatable bonds is 2. The van der Waals surface area contributed by atoms with E-state index in [0.717, 1.165) is 5.69 Å². The maximum Gasteiger partial charge on any atom is 0.333 e. The van der Waals surface area contributed by atoms with Crippen molar-refractivity contribution >= 4 is 17.6 Å². The highest BCUT2D eigenvalue weighted by molar-refractivity contribution is 5.91. The van der Waals surface area contributed by atoms with E-state index in [1.165, 1.54) is 0 Å². The van der Waals surface area contributed by atoms with Gasteiger partial charge in [0.05, 0.1) is 11.6 Å². The molecule has 0 aliphatic carbocycles. The standard InChI is InChI=1S/C9H14N2O4.C6H7N/c1-4-6(7(12)13)3-9(10,8(14)15)5(2)11-4;7-6-4-2-1-3-5-6/h5,11H,3,10H2,1-2H3,(H,12,13)(H,14,15);1-5H,7H2. The number of anilines is 1. The van der Waals surface area contributed by atoms with Crippen LogP contribution in [-0.2, 0) is 9.59 Å². The molecule has 0 saturated heterocycles. The summed E-state index contributed by atoms with van der Waals surface area (Å²) in [5.41, 5.74) is 10.8. The van der Waals surface area contributed by atoms with E-state index in [2.05, 4.69) is 5.32 Å². The summed E-state index contributed by atoms with van der Waals surface area (Å²) < 4.78 is 0. The number of hydrogen-bond donors (Lipinski definition) is 5. The first-order chi connectivity index (χ1) is 10.2. The second-order valence-electron chi connectivity index (χ2n) is 5.21. The lowest BCUT2D eigenvalue weighted by Crippen LogP contribution is -2.63. The predicted octanol–water partition coefficient (Wildman–Crippen LogP) is 0.778. The summed E-state index contributed by atoms with van der Waals surface area (Å²) in [6.45, 7) is 3.22. The topological polar surface area (TPSA) is 139 Å². The van der Waals surface area contributed by atoms with Crippen molar-refractivity contribution in [3.8, 4) is 0 Å². The van der Waals surface area contributed by atoms with Gasteiger partial charge in [0.1, 0.15) is 5.54 Å². The van der Waals surface area contributed by atoms with Crippen molar-refractivity contribution in [2.45, 2.75) is 31.8 Å². The first-order valence-corrected chi connectivity index (χ1v) is 6.71. The highest BCUT2D eigenvalue weighted by Crippen LogP contribution is 2.26. The van der Waals surface area contributed by atoms with Gasteiger partial charge in [-0.1, -0.05) is 18.2 Å². The Bertz CT molecular complexity index is 586. The molecule has 7 nitrogen and oxygen atoms in total. The highest BCUT2D eigenvalue weighted by Gasteiger charge is 2.45.